The van der Waals surface area contributed by atoms with Gasteiger partial charge in [0.25, 0.3) is 0 Å². The maximum atomic E-state index is 4.40. The van der Waals surface area contributed by atoms with Crippen molar-refractivity contribution in [3.05, 3.63) is 18.2 Å². The highest BCUT2D eigenvalue weighted by atomic mass is 15.1. The van der Waals surface area contributed by atoms with Crippen molar-refractivity contribution in [1.82, 2.24) is 19.8 Å². The van der Waals surface area contributed by atoms with Crippen LogP contribution >= 0.6 is 0 Å². The fraction of sp³-hybridized carbons (Fsp3) is 0.800. The van der Waals surface area contributed by atoms with Crippen LogP contribution in [0.15, 0.2) is 12.4 Å². The number of hydrogen-bond acceptors (Lipinski definition) is 3. The van der Waals surface area contributed by atoms with E-state index < -0.39 is 0 Å². The lowest BCUT2D eigenvalue weighted by Crippen LogP contribution is -2.38. The first-order chi connectivity index (χ1) is 9.31. The molecule has 1 aromatic rings. The zero-order chi connectivity index (χ0) is 13.1. The van der Waals surface area contributed by atoms with E-state index in [1.807, 2.05) is 12.4 Å². The van der Waals surface area contributed by atoms with E-state index in [0.717, 1.165) is 24.9 Å². The Morgan fingerprint density at radius 3 is 2.68 bits per heavy atom. The molecule has 1 saturated carbocycles. The van der Waals surface area contributed by atoms with Crippen molar-refractivity contribution in [2.75, 3.05) is 26.2 Å². The van der Waals surface area contributed by atoms with Gasteiger partial charge in [-0.25, -0.2) is 4.98 Å². The Balaban J connectivity index is 1.34. The predicted octanol–water partition coefficient (Wildman–Crippen LogP) is 1.43. The lowest BCUT2D eigenvalue weighted by atomic mass is 9.96. The summed E-state index contributed by atoms with van der Waals surface area (Å²) < 4.78 is 2.13. The number of nitrogens with one attached hydrogen (secondary N) is 1. The van der Waals surface area contributed by atoms with Crippen molar-refractivity contribution in [2.24, 2.45) is 13.0 Å². The lowest BCUT2D eigenvalue weighted by Gasteiger charge is -2.32. The standard InChI is InChI=1S/C15H26N4/c1-18-11-7-16-15(18)6-10-19-8-4-13(5-9-19)12-17-14-2-3-14/h7,11,13-14,17H,2-6,8-10,12H2,1H3. The number of aromatic nitrogens is 2. The molecular weight excluding hydrogens is 236 g/mol. The maximum Gasteiger partial charge on any atom is 0.109 e. The van der Waals surface area contributed by atoms with Crippen LogP contribution in [0.3, 0.4) is 0 Å². The number of imidazole rings is 1. The molecule has 1 saturated heterocycles. The van der Waals surface area contributed by atoms with E-state index in [2.05, 4.69) is 26.8 Å². The van der Waals surface area contributed by atoms with Gasteiger partial charge in [0.15, 0.2) is 0 Å². The summed E-state index contributed by atoms with van der Waals surface area (Å²) in [6.45, 7) is 4.94. The van der Waals surface area contributed by atoms with Crippen LogP contribution in [0.2, 0.25) is 0 Å². The van der Waals surface area contributed by atoms with E-state index in [-0.39, 0.29) is 0 Å². The van der Waals surface area contributed by atoms with Crippen LogP contribution in [0.5, 0.6) is 0 Å². The van der Waals surface area contributed by atoms with Gasteiger partial charge in [-0.15, -0.1) is 0 Å². The Morgan fingerprint density at radius 1 is 1.26 bits per heavy atom. The molecule has 4 heteroatoms. The molecule has 1 aromatic heterocycles. The summed E-state index contributed by atoms with van der Waals surface area (Å²) in [5, 5.41) is 3.67. The van der Waals surface area contributed by atoms with Gasteiger partial charge in [-0.1, -0.05) is 0 Å². The topological polar surface area (TPSA) is 33.1 Å². The summed E-state index contributed by atoms with van der Waals surface area (Å²) >= 11 is 0. The molecule has 2 aliphatic rings. The minimum Gasteiger partial charge on any atom is -0.338 e. The normalized spacial score (nSPS) is 21.9. The fourth-order valence-corrected chi connectivity index (χ4v) is 2.93. The van der Waals surface area contributed by atoms with E-state index in [0.29, 0.717) is 0 Å². The van der Waals surface area contributed by atoms with Gasteiger partial charge in [0, 0.05) is 38.4 Å². The number of rotatable bonds is 6. The van der Waals surface area contributed by atoms with Crippen LogP contribution in [0.25, 0.3) is 0 Å². The van der Waals surface area contributed by atoms with Gasteiger partial charge in [0.1, 0.15) is 5.82 Å². The second kappa shape index (κ2) is 6.06. The minimum atomic E-state index is 0.862. The van der Waals surface area contributed by atoms with Crippen LogP contribution in [-0.2, 0) is 13.5 Å². The third kappa shape index (κ3) is 3.80. The highest BCUT2D eigenvalue weighted by molar-refractivity contribution is 4.92. The number of aryl methyl sites for hydroxylation is 1. The number of nitrogens with zero attached hydrogens (tertiary/aromatic N) is 3. The SMILES string of the molecule is Cn1ccnc1CCN1CCC(CNC2CC2)CC1. The second-order valence-corrected chi connectivity index (χ2v) is 6.17. The molecule has 106 valence electrons. The molecule has 3 rings (SSSR count). The van der Waals surface area contributed by atoms with Crippen molar-refractivity contribution in [1.29, 1.82) is 0 Å². The van der Waals surface area contributed by atoms with Crippen LogP contribution in [0.1, 0.15) is 31.5 Å². The Hall–Kier alpha value is -0.870. The average molecular weight is 262 g/mol. The summed E-state index contributed by atoms with van der Waals surface area (Å²) in [5.74, 6) is 2.11. The highest BCUT2D eigenvalue weighted by Gasteiger charge is 2.24. The molecule has 1 aliphatic heterocycles. The van der Waals surface area contributed by atoms with Crippen LogP contribution in [0.4, 0.5) is 0 Å². The molecule has 0 aromatic carbocycles. The van der Waals surface area contributed by atoms with Gasteiger partial charge >= 0.3 is 0 Å². The van der Waals surface area contributed by atoms with Gasteiger partial charge in [0.2, 0.25) is 0 Å². The first-order valence-corrected chi connectivity index (χ1v) is 7.73. The summed E-state index contributed by atoms with van der Waals surface area (Å²) in [6.07, 6.45) is 10.5. The largest absolute Gasteiger partial charge is 0.338 e. The lowest BCUT2D eigenvalue weighted by molar-refractivity contribution is 0.183. The predicted molar refractivity (Wildman–Crippen MR) is 77.1 cm³/mol. The number of piperidine rings is 1. The molecule has 1 N–H and O–H groups in total. The molecule has 4 nitrogen and oxygen atoms in total. The molecule has 0 amide bonds. The van der Waals surface area contributed by atoms with Crippen LogP contribution in [-0.4, -0.2) is 46.7 Å². The molecular formula is C15H26N4. The fourth-order valence-electron chi connectivity index (χ4n) is 2.93. The molecule has 0 unspecified atom stereocenters. The Labute approximate surface area is 116 Å². The van der Waals surface area contributed by atoms with Gasteiger partial charge in [0.05, 0.1) is 0 Å². The quantitative estimate of drug-likeness (QED) is 0.842. The van der Waals surface area contributed by atoms with Crippen molar-refractivity contribution >= 4 is 0 Å². The Morgan fingerprint density at radius 2 is 2.05 bits per heavy atom. The molecule has 19 heavy (non-hydrogen) atoms. The molecule has 0 spiro atoms. The first-order valence-electron chi connectivity index (χ1n) is 7.73. The van der Waals surface area contributed by atoms with Crippen molar-refractivity contribution in [3.63, 3.8) is 0 Å². The number of hydrogen-bond donors (Lipinski definition) is 1. The molecule has 0 radical (unpaired) electrons. The van der Waals surface area contributed by atoms with E-state index in [9.17, 15) is 0 Å². The zero-order valence-corrected chi connectivity index (χ0v) is 12.0. The third-order valence-electron chi connectivity index (χ3n) is 4.55. The second-order valence-electron chi connectivity index (χ2n) is 6.17. The molecule has 1 aliphatic carbocycles. The highest BCUT2D eigenvalue weighted by Crippen LogP contribution is 2.21. The summed E-state index contributed by atoms with van der Waals surface area (Å²) in [6, 6.07) is 0.862. The van der Waals surface area contributed by atoms with Gasteiger partial charge in [-0.05, 0) is 51.2 Å². The van der Waals surface area contributed by atoms with Crippen LogP contribution < -0.4 is 5.32 Å². The van der Waals surface area contributed by atoms with Crippen molar-refractivity contribution < 1.29 is 0 Å². The van der Waals surface area contributed by atoms with E-state index in [4.69, 9.17) is 0 Å². The van der Waals surface area contributed by atoms with Gasteiger partial charge in [-0.3, -0.25) is 0 Å². The summed E-state index contributed by atoms with van der Waals surface area (Å²) in [7, 11) is 2.08. The van der Waals surface area contributed by atoms with Crippen LogP contribution in [0, 0.1) is 5.92 Å². The smallest absolute Gasteiger partial charge is 0.109 e. The van der Waals surface area contributed by atoms with Crippen molar-refractivity contribution in [3.8, 4) is 0 Å². The Kier molecular flexibility index (Phi) is 4.18. The first kappa shape index (κ1) is 13.1. The molecule has 2 fully saturated rings. The number of likely N-dealkylation sites (tertiary alicyclic amines) is 1. The summed E-state index contributed by atoms with van der Waals surface area (Å²) in [5.41, 5.74) is 0. The Bertz CT molecular complexity index is 389. The molecule has 0 bridgehead atoms. The average Bonchev–Trinajstić information content (AvgIpc) is 3.18. The van der Waals surface area contributed by atoms with Gasteiger partial charge in [-0.2, -0.15) is 0 Å². The molecule has 0 atom stereocenters. The monoisotopic (exact) mass is 262 g/mol. The van der Waals surface area contributed by atoms with Crippen molar-refractivity contribution in [2.45, 2.75) is 38.1 Å². The zero-order valence-electron chi connectivity index (χ0n) is 12.0. The van der Waals surface area contributed by atoms with Gasteiger partial charge < -0.3 is 14.8 Å². The third-order valence-corrected chi connectivity index (χ3v) is 4.55. The van der Waals surface area contributed by atoms with E-state index in [1.54, 1.807) is 0 Å². The van der Waals surface area contributed by atoms with E-state index >= 15 is 0 Å². The summed E-state index contributed by atoms with van der Waals surface area (Å²) in [4.78, 5) is 7.00. The van der Waals surface area contributed by atoms with E-state index in [1.165, 1.54) is 51.1 Å². The minimum absolute atomic E-state index is 0.862. The molecule has 2 heterocycles. The maximum absolute atomic E-state index is 4.40.